The van der Waals surface area contributed by atoms with Crippen LogP contribution >= 0.6 is 0 Å². The summed E-state index contributed by atoms with van der Waals surface area (Å²) in [5.41, 5.74) is 11.7. The van der Waals surface area contributed by atoms with E-state index in [0.717, 1.165) is 0 Å². The normalized spacial score (nSPS) is 11.6. The van der Waals surface area contributed by atoms with Crippen LogP contribution in [0.3, 0.4) is 0 Å². The lowest BCUT2D eigenvalue weighted by Crippen LogP contribution is -2.54. The zero-order chi connectivity index (χ0) is 35.5. The van der Waals surface area contributed by atoms with Gasteiger partial charge in [0.2, 0.25) is 6.71 Å². The Morgan fingerprint density at radius 2 is 0.774 bits per heavy atom. The summed E-state index contributed by atoms with van der Waals surface area (Å²) in [5.74, 6) is 0. The molecule has 0 radical (unpaired) electrons. The summed E-state index contributed by atoms with van der Waals surface area (Å²) in [6.07, 6.45) is 0. The first-order chi connectivity index (χ1) is 26.1. The first kappa shape index (κ1) is 31.3. The topological polar surface area (TPSA) is 0 Å². The fourth-order valence-electron chi connectivity index (χ4n) is 9.00. The van der Waals surface area contributed by atoms with Crippen molar-refractivity contribution in [3.05, 3.63) is 199 Å². The van der Waals surface area contributed by atoms with Gasteiger partial charge in [-0.3, -0.25) is 0 Å². The third kappa shape index (κ3) is 5.15. The maximum atomic E-state index is 2.46. The van der Waals surface area contributed by atoms with Crippen LogP contribution in [0.1, 0.15) is 11.1 Å². The second kappa shape index (κ2) is 12.7. The summed E-state index contributed by atoms with van der Waals surface area (Å²) in [6.45, 7) is 4.60. The highest BCUT2D eigenvalue weighted by Gasteiger charge is 2.29. The van der Waals surface area contributed by atoms with Crippen molar-refractivity contribution >= 4 is 77.0 Å². The summed E-state index contributed by atoms with van der Waals surface area (Å²) in [7, 11) is 0. The first-order valence-electron chi connectivity index (χ1n) is 18.6. The Morgan fingerprint density at radius 1 is 0.302 bits per heavy atom. The van der Waals surface area contributed by atoms with E-state index < -0.39 is 0 Å². The number of hydrogen-bond acceptors (Lipinski definition) is 0. The molecular weight excluding hydrogens is 635 g/mol. The molecule has 0 aliphatic rings. The number of rotatable bonds is 5. The third-order valence-corrected chi connectivity index (χ3v) is 11.5. The van der Waals surface area contributed by atoms with Crippen molar-refractivity contribution in [3.8, 4) is 22.3 Å². The summed E-state index contributed by atoms with van der Waals surface area (Å²) < 4.78 is 0. The molecule has 0 saturated heterocycles. The third-order valence-electron chi connectivity index (χ3n) is 11.5. The highest BCUT2D eigenvalue weighted by molar-refractivity contribution is 6.98. The molecule has 0 amide bonds. The van der Waals surface area contributed by atoms with Gasteiger partial charge in [-0.1, -0.05) is 210 Å². The molecule has 10 aromatic carbocycles. The van der Waals surface area contributed by atoms with Gasteiger partial charge in [0.25, 0.3) is 0 Å². The lowest BCUT2D eigenvalue weighted by Gasteiger charge is -2.24. The number of hydrogen-bond donors (Lipinski definition) is 0. The first-order valence-corrected chi connectivity index (χ1v) is 18.6. The van der Waals surface area contributed by atoms with E-state index in [1.807, 2.05) is 0 Å². The zero-order valence-electron chi connectivity index (χ0n) is 30.0. The Labute approximate surface area is 311 Å². The van der Waals surface area contributed by atoms with E-state index in [9.17, 15) is 0 Å². The molecular formula is C52H37B. The largest absolute Gasteiger partial charge is 0.243 e. The molecule has 248 valence electrons. The van der Waals surface area contributed by atoms with Crippen molar-refractivity contribution in [1.29, 1.82) is 0 Å². The van der Waals surface area contributed by atoms with Gasteiger partial charge in [-0.15, -0.1) is 0 Å². The van der Waals surface area contributed by atoms with Crippen molar-refractivity contribution in [1.82, 2.24) is 0 Å². The average Bonchev–Trinajstić information content (AvgIpc) is 3.22. The Kier molecular flexibility index (Phi) is 7.48. The van der Waals surface area contributed by atoms with Gasteiger partial charge in [0.15, 0.2) is 0 Å². The van der Waals surface area contributed by atoms with E-state index >= 15 is 0 Å². The van der Waals surface area contributed by atoms with E-state index in [0.29, 0.717) is 0 Å². The van der Waals surface area contributed by atoms with Crippen LogP contribution in [0.4, 0.5) is 0 Å². The monoisotopic (exact) mass is 672 g/mol. The van der Waals surface area contributed by atoms with E-state index in [1.54, 1.807) is 0 Å². The Hall–Kier alpha value is -6.44. The zero-order valence-corrected chi connectivity index (χ0v) is 30.0. The maximum absolute atomic E-state index is 2.46. The predicted molar refractivity (Wildman–Crippen MR) is 232 cm³/mol. The second-order valence-electron chi connectivity index (χ2n) is 14.5. The minimum absolute atomic E-state index is 0.0432. The second-order valence-corrected chi connectivity index (χ2v) is 14.5. The molecule has 0 heterocycles. The molecule has 1 heteroatoms. The summed E-state index contributed by atoms with van der Waals surface area (Å²) in [5, 5.41) is 12.8. The summed E-state index contributed by atoms with van der Waals surface area (Å²) in [4.78, 5) is 0. The molecule has 0 spiro atoms. The molecule has 0 fully saturated rings. The van der Waals surface area contributed by atoms with Crippen LogP contribution in [0.2, 0.25) is 0 Å². The number of fused-ring (bicyclic) bond motifs is 6. The molecule has 0 bridgehead atoms. The quantitative estimate of drug-likeness (QED) is 0.126. The molecule has 10 rings (SSSR count). The molecule has 0 atom stereocenters. The van der Waals surface area contributed by atoms with Crippen molar-refractivity contribution in [2.24, 2.45) is 0 Å². The SMILES string of the molecule is Cc1ccc2ccccc2c1B(c1cccc(-c2ccc(-c3cc4ccccc4c4ccccc34)c3ccccc23)c1)c1c(C)ccc2ccccc12. The van der Waals surface area contributed by atoms with Crippen LogP contribution in [0.15, 0.2) is 188 Å². The highest BCUT2D eigenvalue weighted by atomic mass is 14.2. The lowest BCUT2D eigenvalue weighted by molar-refractivity contribution is 1.52. The van der Waals surface area contributed by atoms with Gasteiger partial charge < -0.3 is 0 Å². The van der Waals surface area contributed by atoms with Crippen LogP contribution in [-0.2, 0) is 0 Å². The van der Waals surface area contributed by atoms with Gasteiger partial charge in [-0.05, 0) is 96.0 Å². The van der Waals surface area contributed by atoms with Crippen LogP contribution < -0.4 is 16.4 Å². The molecule has 0 saturated carbocycles. The van der Waals surface area contributed by atoms with Crippen molar-refractivity contribution in [2.75, 3.05) is 0 Å². The van der Waals surface area contributed by atoms with E-state index in [-0.39, 0.29) is 6.71 Å². The fourth-order valence-corrected chi connectivity index (χ4v) is 9.00. The fraction of sp³-hybridized carbons (Fsp3) is 0.0385. The standard InChI is InChI=1S/C52H37B/c1-34-26-28-36-14-3-7-20-43(36)51(34)53(52-35(2)27-29-37-15-4-8-21-44(37)52)40-18-13-17-38(32-40)42-30-31-49(47-24-11-9-23-46(42)47)50-33-39-16-5-6-19-41(39)45-22-10-12-25-48(45)50/h3-33H,1-2H3. The van der Waals surface area contributed by atoms with Crippen LogP contribution in [0.5, 0.6) is 0 Å². The van der Waals surface area contributed by atoms with Crippen LogP contribution in [0.25, 0.3) is 76.1 Å². The van der Waals surface area contributed by atoms with Crippen LogP contribution in [-0.4, -0.2) is 6.71 Å². The smallest absolute Gasteiger partial charge is 0.0680 e. The minimum atomic E-state index is 0.0432. The molecule has 0 nitrogen and oxygen atoms in total. The Morgan fingerprint density at radius 3 is 1.40 bits per heavy atom. The number of aryl methyl sites for hydroxylation is 2. The molecule has 0 N–H and O–H groups in total. The van der Waals surface area contributed by atoms with Gasteiger partial charge >= 0.3 is 0 Å². The molecule has 53 heavy (non-hydrogen) atoms. The molecule has 10 aromatic rings. The highest BCUT2D eigenvalue weighted by Crippen LogP contribution is 2.40. The molecule has 0 aliphatic heterocycles. The average molecular weight is 673 g/mol. The van der Waals surface area contributed by atoms with Crippen molar-refractivity contribution in [2.45, 2.75) is 13.8 Å². The van der Waals surface area contributed by atoms with E-state index in [4.69, 9.17) is 0 Å². The van der Waals surface area contributed by atoms with Crippen molar-refractivity contribution in [3.63, 3.8) is 0 Å². The molecule has 0 aromatic heterocycles. The lowest BCUT2D eigenvalue weighted by atomic mass is 9.34. The molecule has 0 aliphatic carbocycles. The van der Waals surface area contributed by atoms with Crippen LogP contribution in [0, 0.1) is 13.8 Å². The van der Waals surface area contributed by atoms with E-state index in [1.165, 1.54) is 104 Å². The predicted octanol–water partition coefficient (Wildman–Crippen LogP) is 11.9. The minimum Gasteiger partial charge on any atom is -0.0680 e. The van der Waals surface area contributed by atoms with Crippen molar-refractivity contribution < 1.29 is 0 Å². The Bertz CT molecular complexity index is 2960. The summed E-state index contributed by atoms with van der Waals surface area (Å²) in [6, 6.07) is 69.9. The van der Waals surface area contributed by atoms with Gasteiger partial charge in [0.1, 0.15) is 0 Å². The van der Waals surface area contributed by atoms with Gasteiger partial charge in [0, 0.05) is 0 Å². The Balaban J connectivity index is 1.21. The molecule has 0 unspecified atom stereocenters. The van der Waals surface area contributed by atoms with Gasteiger partial charge in [0.05, 0.1) is 0 Å². The van der Waals surface area contributed by atoms with E-state index in [2.05, 4.69) is 202 Å². The number of benzene rings is 10. The maximum Gasteiger partial charge on any atom is 0.243 e. The summed E-state index contributed by atoms with van der Waals surface area (Å²) >= 11 is 0. The van der Waals surface area contributed by atoms with Gasteiger partial charge in [-0.2, -0.15) is 0 Å². The van der Waals surface area contributed by atoms with Gasteiger partial charge in [-0.25, -0.2) is 0 Å².